The van der Waals surface area contributed by atoms with Crippen molar-refractivity contribution >= 4 is 75.7 Å². The van der Waals surface area contributed by atoms with Gasteiger partial charge in [-0.15, -0.1) is 11.8 Å². The number of hydrogen-bond donors (Lipinski definition) is 2. The summed E-state index contributed by atoms with van der Waals surface area (Å²) in [5.74, 6) is -0.938. The zero-order chi connectivity index (χ0) is 26.8. The maximum absolute atomic E-state index is 13.0. The van der Waals surface area contributed by atoms with Gasteiger partial charge in [0.05, 0.1) is 0 Å². The number of carboxylic acids is 1. The van der Waals surface area contributed by atoms with Crippen molar-refractivity contribution in [2.75, 3.05) is 6.54 Å². The number of amides is 1. The average molecular weight is 553 g/mol. The van der Waals surface area contributed by atoms with Gasteiger partial charge >= 0.3 is 35.5 Å². The number of carbonyl (C=O) groups excluding carboxylic acids is 1. The molecule has 0 atom stereocenters. The Bertz CT molecular complexity index is 1260. The molecular weight excluding hydrogens is 515 g/mol. The maximum atomic E-state index is 13.0. The van der Waals surface area contributed by atoms with Gasteiger partial charge in [-0.05, 0) is 41.3 Å². The summed E-state index contributed by atoms with van der Waals surface area (Å²) in [5.41, 5.74) is 3.78. The van der Waals surface area contributed by atoms with Crippen LogP contribution in [0.25, 0.3) is 10.9 Å². The monoisotopic (exact) mass is 552 g/mol. The van der Waals surface area contributed by atoms with Crippen molar-refractivity contribution < 1.29 is 14.7 Å². The van der Waals surface area contributed by atoms with E-state index in [4.69, 9.17) is 16.7 Å². The minimum absolute atomic E-state index is 0. The molecule has 0 aliphatic heterocycles. The second kappa shape index (κ2) is 12.6. The molecule has 0 aliphatic carbocycles. The van der Waals surface area contributed by atoms with Crippen molar-refractivity contribution in [1.82, 2.24) is 9.88 Å². The molecule has 8 heteroatoms. The van der Waals surface area contributed by atoms with Crippen molar-refractivity contribution in [3.63, 3.8) is 0 Å². The second-order valence-electron chi connectivity index (χ2n) is 11.3. The van der Waals surface area contributed by atoms with Crippen molar-refractivity contribution in [2.45, 2.75) is 77.0 Å². The predicted octanol–water partition coefficient (Wildman–Crippen LogP) is 6.48. The predicted molar refractivity (Wildman–Crippen MR) is 157 cm³/mol. The van der Waals surface area contributed by atoms with Gasteiger partial charge in [0.2, 0.25) is 5.91 Å². The number of nitrogens with one attached hydrogen (secondary N) is 1. The van der Waals surface area contributed by atoms with Crippen LogP contribution < -0.4 is 5.32 Å². The number of nitrogens with zero attached hydrogens (tertiary/aromatic N) is 1. The summed E-state index contributed by atoms with van der Waals surface area (Å²) in [6, 6.07) is 14.5. The fourth-order valence-corrected chi connectivity index (χ4v) is 5.51. The van der Waals surface area contributed by atoms with Crippen molar-refractivity contribution in [2.24, 2.45) is 5.41 Å². The minimum atomic E-state index is -1.05. The van der Waals surface area contributed by atoms with Gasteiger partial charge < -0.3 is 15.0 Å². The van der Waals surface area contributed by atoms with Gasteiger partial charge in [0, 0.05) is 49.6 Å². The summed E-state index contributed by atoms with van der Waals surface area (Å²) < 4.78 is 2.26. The van der Waals surface area contributed by atoms with Gasteiger partial charge in [-0.25, -0.2) is 0 Å². The van der Waals surface area contributed by atoms with E-state index in [-0.39, 0.29) is 40.2 Å². The van der Waals surface area contributed by atoms with Crippen molar-refractivity contribution in [3.05, 3.63) is 64.3 Å². The van der Waals surface area contributed by atoms with E-state index in [0.29, 0.717) is 23.9 Å². The SMILES string of the molecule is CC(C)c1ccc2c(c1)c(SC(C)(C)C)c(CC(C)(C)C(=O)NCC(=O)O)n2Cc1ccc(Cl)cc1.[NaH]. The zero-order valence-electron chi connectivity index (χ0n) is 22.2. The zero-order valence-corrected chi connectivity index (χ0v) is 23.8. The molecule has 0 aliphatic rings. The first kappa shape index (κ1) is 31.8. The van der Waals surface area contributed by atoms with Crippen LogP contribution >= 0.6 is 23.4 Å². The molecule has 2 aromatic carbocycles. The Morgan fingerprint density at radius 2 is 1.68 bits per heavy atom. The van der Waals surface area contributed by atoms with Crippen LogP contribution in [0, 0.1) is 5.41 Å². The van der Waals surface area contributed by atoms with Crippen molar-refractivity contribution in [3.8, 4) is 0 Å². The third kappa shape index (κ3) is 8.27. The topological polar surface area (TPSA) is 71.3 Å². The van der Waals surface area contributed by atoms with E-state index in [1.165, 1.54) is 15.8 Å². The van der Waals surface area contributed by atoms with Gasteiger partial charge in [-0.3, -0.25) is 9.59 Å². The van der Waals surface area contributed by atoms with Crippen molar-refractivity contribution in [1.29, 1.82) is 0 Å². The molecule has 3 rings (SSSR count). The fourth-order valence-electron chi connectivity index (χ4n) is 4.20. The fraction of sp³-hybridized carbons (Fsp3) is 0.448. The quantitative estimate of drug-likeness (QED) is 0.235. The number of halogens is 1. The van der Waals surface area contributed by atoms with Crippen LogP contribution in [0.15, 0.2) is 47.4 Å². The van der Waals surface area contributed by atoms with E-state index in [2.05, 4.69) is 62.7 Å². The van der Waals surface area contributed by atoms with Crippen LogP contribution in [-0.2, 0) is 22.6 Å². The number of benzene rings is 2. The van der Waals surface area contributed by atoms with E-state index >= 15 is 0 Å². The molecule has 196 valence electrons. The number of rotatable bonds is 9. The van der Waals surface area contributed by atoms with E-state index in [1.54, 1.807) is 0 Å². The van der Waals surface area contributed by atoms with Crippen LogP contribution in [0.4, 0.5) is 0 Å². The van der Waals surface area contributed by atoms with E-state index in [0.717, 1.165) is 16.8 Å². The first-order chi connectivity index (χ1) is 16.7. The average Bonchev–Trinajstić information content (AvgIpc) is 3.03. The summed E-state index contributed by atoms with van der Waals surface area (Å²) in [6.07, 6.45) is 0.468. The number of aliphatic carboxylic acids is 1. The number of aromatic nitrogens is 1. The van der Waals surface area contributed by atoms with Crippen LogP contribution in [0.1, 0.15) is 71.2 Å². The molecule has 0 unspecified atom stereocenters. The Morgan fingerprint density at radius 1 is 1.05 bits per heavy atom. The van der Waals surface area contributed by atoms with E-state index in [1.807, 2.05) is 49.9 Å². The Balaban J connectivity index is 0.00000481. The van der Waals surface area contributed by atoms with Gasteiger partial charge in [-0.1, -0.05) is 78.3 Å². The molecule has 3 aromatic rings. The van der Waals surface area contributed by atoms with Gasteiger partial charge in [-0.2, -0.15) is 0 Å². The summed E-state index contributed by atoms with van der Waals surface area (Å²) in [7, 11) is 0. The van der Waals surface area contributed by atoms with Crippen LogP contribution in [0.5, 0.6) is 0 Å². The molecule has 0 spiro atoms. The van der Waals surface area contributed by atoms with E-state index < -0.39 is 17.9 Å². The van der Waals surface area contributed by atoms with Gasteiger partial charge in [0.1, 0.15) is 6.54 Å². The Labute approximate surface area is 252 Å². The molecule has 1 heterocycles. The van der Waals surface area contributed by atoms with Crippen LogP contribution in [0.3, 0.4) is 0 Å². The standard InChI is InChI=1S/C29H37ClN2O3S.Na.H/c1-18(2)20-10-13-23-22(14-20)26(36-28(3,4)5)24(15-29(6,7)27(35)31-16-25(33)34)32(23)17-19-8-11-21(30)12-9-19;;/h8-14,18H,15-17H2,1-7H3,(H,31,35)(H,33,34);;. The molecule has 0 fully saturated rings. The normalized spacial score (nSPS) is 12.0. The summed E-state index contributed by atoms with van der Waals surface area (Å²) in [6.45, 7) is 15.0. The Hall–Kier alpha value is -1.44. The second-order valence-corrected chi connectivity index (χ2v) is 13.5. The molecule has 1 aromatic heterocycles. The third-order valence-electron chi connectivity index (χ3n) is 6.10. The van der Waals surface area contributed by atoms with Crippen LogP contribution in [-0.4, -0.2) is 62.4 Å². The molecule has 5 nitrogen and oxygen atoms in total. The molecule has 1 amide bonds. The Morgan fingerprint density at radius 3 is 2.22 bits per heavy atom. The third-order valence-corrected chi connectivity index (χ3v) is 7.62. The number of carbonyl (C=O) groups is 2. The molecular formula is C29H38ClN2NaO3S. The summed E-state index contributed by atoms with van der Waals surface area (Å²) >= 11 is 7.96. The first-order valence-electron chi connectivity index (χ1n) is 12.3. The number of hydrogen-bond acceptors (Lipinski definition) is 3. The van der Waals surface area contributed by atoms with Gasteiger partial charge in [0.25, 0.3) is 0 Å². The number of fused-ring (bicyclic) bond motifs is 1. The number of thioether (sulfide) groups is 1. The molecule has 0 saturated carbocycles. The molecule has 0 radical (unpaired) electrons. The molecule has 0 bridgehead atoms. The summed E-state index contributed by atoms with van der Waals surface area (Å²) in [5, 5.41) is 13.5. The summed E-state index contributed by atoms with van der Waals surface area (Å²) in [4.78, 5) is 25.3. The van der Waals surface area contributed by atoms with E-state index in [9.17, 15) is 9.59 Å². The molecule has 0 saturated heterocycles. The number of carboxylic acid groups (broad SMARTS) is 1. The molecule has 2 N–H and O–H groups in total. The first-order valence-corrected chi connectivity index (χ1v) is 13.5. The Kier molecular flexibility index (Phi) is 10.8. The van der Waals surface area contributed by atoms with Crippen LogP contribution in [0.2, 0.25) is 5.02 Å². The molecule has 37 heavy (non-hydrogen) atoms. The van der Waals surface area contributed by atoms with Gasteiger partial charge in [0.15, 0.2) is 0 Å².